The molecule has 2 aliphatic rings. The monoisotopic (exact) mass is 309 g/mol. The van der Waals surface area contributed by atoms with E-state index < -0.39 is 0 Å². The maximum absolute atomic E-state index is 12.3. The van der Waals surface area contributed by atoms with Crippen LogP contribution in [0, 0.1) is 0 Å². The minimum Gasteiger partial charge on any atom is -0.370 e. The lowest BCUT2D eigenvalue weighted by Crippen LogP contribution is -2.20. The molecule has 0 aromatic heterocycles. The van der Waals surface area contributed by atoms with Crippen LogP contribution in [-0.2, 0) is 16.0 Å². The third-order valence-electron chi connectivity index (χ3n) is 3.31. The Hall–Kier alpha value is -1.20. The Bertz CT molecular complexity index is 535. The number of hydrogen-bond acceptors (Lipinski definition) is 3. The van der Waals surface area contributed by atoms with Gasteiger partial charge in [-0.05, 0) is 46.5 Å². The fourth-order valence-electron chi connectivity index (χ4n) is 2.39. The Balaban J connectivity index is 1.95. The number of anilines is 1. The average Bonchev–Trinajstić information content (AvgIpc) is 2.94. The van der Waals surface area contributed by atoms with Gasteiger partial charge >= 0.3 is 0 Å². The van der Waals surface area contributed by atoms with Gasteiger partial charge in [-0.1, -0.05) is 0 Å². The van der Waals surface area contributed by atoms with Gasteiger partial charge in [0.2, 0.25) is 5.91 Å². The molecule has 0 bridgehead atoms. The number of carbonyl (C=O) groups excluding carboxylic acids is 2. The lowest BCUT2D eigenvalue weighted by Gasteiger charge is -2.11. The van der Waals surface area contributed by atoms with Crippen LogP contribution in [0.15, 0.2) is 16.6 Å². The van der Waals surface area contributed by atoms with Crippen LogP contribution in [0.25, 0.3) is 0 Å². The Kier molecular flexibility index (Phi) is 2.95. The molecule has 1 N–H and O–H groups in total. The van der Waals surface area contributed by atoms with E-state index in [-0.39, 0.29) is 17.8 Å². The molecule has 1 fully saturated rings. The summed E-state index contributed by atoms with van der Waals surface area (Å²) in [6.45, 7) is 0.652. The van der Waals surface area contributed by atoms with Crippen molar-refractivity contribution < 1.29 is 14.3 Å². The lowest BCUT2D eigenvalue weighted by molar-refractivity contribution is -0.115. The second kappa shape index (κ2) is 4.48. The summed E-state index contributed by atoms with van der Waals surface area (Å²) < 4.78 is 6.12. The molecule has 0 spiro atoms. The molecule has 4 nitrogen and oxygen atoms in total. The van der Waals surface area contributed by atoms with Crippen LogP contribution in [-0.4, -0.2) is 24.4 Å². The fourth-order valence-corrected chi connectivity index (χ4v) is 2.93. The van der Waals surface area contributed by atoms with Gasteiger partial charge in [-0.15, -0.1) is 0 Å². The molecule has 2 heterocycles. The van der Waals surface area contributed by atoms with E-state index in [1.807, 2.05) is 0 Å². The zero-order valence-corrected chi connectivity index (χ0v) is 11.2. The van der Waals surface area contributed by atoms with E-state index in [9.17, 15) is 9.59 Å². The van der Waals surface area contributed by atoms with Crippen molar-refractivity contribution in [1.82, 2.24) is 0 Å². The van der Waals surface area contributed by atoms with Gasteiger partial charge in [0, 0.05) is 22.3 Å². The number of hydrogen-bond donors (Lipinski definition) is 1. The lowest BCUT2D eigenvalue weighted by atomic mass is 10.0. The maximum Gasteiger partial charge on any atom is 0.228 e. The number of fused-ring (bicyclic) bond motifs is 1. The molecule has 3 rings (SSSR count). The van der Waals surface area contributed by atoms with Gasteiger partial charge in [0.25, 0.3) is 0 Å². The predicted octanol–water partition coefficient (Wildman–Crippen LogP) is 2.31. The second-order valence-corrected chi connectivity index (χ2v) is 5.43. The van der Waals surface area contributed by atoms with E-state index >= 15 is 0 Å². The van der Waals surface area contributed by atoms with E-state index in [4.69, 9.17) is 4.74 Å². The van der Waals surface area contributed by atoms with Crippen molar-refractivity contribution in [2.75, 3.05) is 11.9 Å². The molecule has 1 atom stereocenters. The summed E-state index contributed by atoms with van der Waals surface area (Å²) in [6.07, 6.45) is 1.72. The molecule has 1 aromatic carbocycles. The molecular formula is C13H12BrNO3. The second-order valence-electron chi connectivity index (χ2n) is 4.58. The Morgan fingerprint density at radius 2 is 2.28 bits per heavy atom. The first kappa shape index (κ1) is 11.9. The van der Waals surface area contributed by atoms with Crippen molar-refractivity contribution in [2.24, 2.45) is 0 Å². The third kappa shape index (κ3) is 1.97. The number of rotatable bonds is 2. The summed E-state index contributed by atoms with van der Waals surface area (Å²) in [7, 11) is 0. The van der Waals surface area contributed by atoms with E-state index in [0.717, 1.165) is 24.1 Å². The van der Waals surface area contributed by atoms with Crippen molar-refractivity contribution in [2.45, 2.75) is 25.4 Å². The van der Waals surface area contributed by atoms with Crippen LogP contribution in [0.3, 0.4) is 0 Å². The van der Waals surface area contributed by atoms with Gasteiger partial charge in [0.15, 0.2) is 5.78 Å². The summed E-state index contributed by atoms with van der Waals surface area (Å²) >= 11 is 3.39. The van der Waals surface area contributed by atoms with Crippen molar-refractivity contribution >= 4 is 33.3 Å². The number of ketones is 1. The van der Waals surface area contributed by atoms with Gasteiger partial charge in [-0.3, -0.25) is 9.59 Å². The van der Waals surface area contributed by atoms with Gasteiger partial charge < -0.3 is 10.1 Å². The molecule has 1 aromatic rings. The highest BCUT2D eigenvalue weighted by Gasteiger charge is 2.28. The van der Waals surface area contributed by atoms with E-state index in [1.165, 1.54) is 0 Å². The zero-order valence-electron chi connectivity index (χ0n) is 9.66. The molecule has 0 aliphatic carbocycles. The van der Waals surface area contributed by atoms with Gasteiger partial charge in [0.1, 0.15) is 6.10 Å². The fraction of sp³-hybridized carbons (Fsp3) is 0.385. The summed E-state index contributed by atoms with van der Waals surface area (Å²) in [4.78, 5) is 23.6. The number of halogens is 1. The van der Waals surface area contributed by atoms with Crippen LogP contribution in [0.1, 0.15) is 28.8 Å². The molecule has 5 heteroatoms. The minimum atomic E-state index is -0.329. The smallest absolute Gasteiger partial charge is 0.228 e. The molecule has 1 saturated heterocycles. The first-order valence-corrected chi connectivity index (χ1v) is 6.72. The normalized spacial score (nSPS) is 21.8. The van der Waals surface area contributed by atoms with Crippen molar-refractivity contribution in [3.05, 3.63) is 27.7 Å². The Labute approximate surface area is 113 Å². The third-order valence-corrected chi connectivity index (χ3v) is 3.96. The number of ether oxygens (including phenoxy) is 1. The standard InChI is InChI=1S/C13H12BrNO3/c14-9-6-10-7(5-12(16)15-10)4-8(9)13(17)11-2-1-3-18-11/h4,6,11H,1-3,5H2,(H,15,16). The molecule has 94 valence electrons. The van der Waals surface area contributed by atoms with Crippen LogP contribution in [0.2, 0.25) is 0 Å². The number of amides is 1. The SMILES string of the molecule is O=C1Cc2cc(C(=O)C3CCCO3)c(Br)cc2N1. The van der Waals surface area contributed by atoms with Crippen LogP contribution >= 0.6 is 15.9 Å². The average molecular weight is 310 g/mol. The Morgan fingerprint density at radius 3 is 3.00 bits per heavy atom. The molecule has 18 heavy (non-hydrogen) atoms. The predicted molar refractivity (Wildman–Crippen MR) is 69.8 cm³/mol. The number of nitrogens with one attached hydrogen (secondary N) is 1. The summed E-state index contributed by atoms with van der Waals surface area (Å²) in [6, 6.07) is 3.59. The van der Waals surface area contributed by atoms with Gasteiger partial charge in [0.05, 0.1) is 6.42 Å². The molecular weight excluding hydrogens is 298 g/mol. The van der Waals surface area contributed by atoms with Crippen molar-refractivity contribution in [1.29, 1.82) is 0 Å². The van der Waals surface area contributed by atoms with Crippen LogP contribution in [0.4, 0.5) is 5.69 Å². The van der Waals surface area contributed by atoms with Gasteiger partial charge in [-0.2, -0.15) is 0 Å². The maximum atomic E-state index is 12.3. The summed E-state index contributed by atoms with van der Waals surface area (Å²) in [5, 5.41) is 2.76. The van der Waals surface area contributed by atoms with E-state index in [0.29, 0.717) is 23.1 Å². The van der Waals surface area contributed by atoms with Crippen molar-refractivity contribution in [3.63, 3.8) is 0 Å². The molecule has 0 radical (unpaired) electrons. The number of carbonyl (C=O) groups is 2. The minimum absolute atomic E-state index is 0.00141. The molecule has 1 unspecified atom stereocenters. The van der Waals surface area contributed by atoms with Crippen LogP contribution in [0.5, 0.6) is 0 Å². The summed E-state index contributed by atoms with van der Waals surface area (Å²) in [5.74, 6) is -0.0276. The number of Topliss-reactive ketones (excluding diaryl/α,β-unsaturated/α-hetero) is 1. The quantitative estimate of drug-likeness (QED) is 0.853. The highest BCUT2D eigenvalue weighted by molar-refractivity contribution is 9.10. The van der Waals surface area contributed by atoms with Crippen molar-refractivity contribution in [3.8, 4) is 0 Å². The topological polar surface area (TPSA) is 55.4 Å². The highest BCUT2D eigenvalue weighted by atomic mass is 79.9. The van der Waals surface area contributed by atoms with Crippen LogP contribution < -0.4 is 5.32 Å². The van der Waals surface area contributed by atoms with E-state index in [1.54, 1.807) is 12.1 Å². The van der Waals surface area contributed by atoms with E-state index in [2.05, 4.69) is 21.2 Å². The zero-order chi connectivity index (χ0) is 12.7. The molecule has 1 amide bonds. The Morgan fingerprint density at radius 1 is 1.44 bits per heavy atom. The first-order valence-electron chi connectivity index (χ1n) is 5.93. The van der Waals surface area contributed by atoms with Gasteiger partial charge in [-0.25, -0.2) is 0 Å². The number of benzene rings is 1. The molecule has 2 aliphatic heterocycles. The first-order chi connectivity index (χ1) is 8.65. The summed E-state index contributed by atoms with van der Waals surface area (Å²) in [5.41, 5.74) is 2.28. The molecule has 0 saturated carbocycles. The largest absolute Gasteiger partial charge is 0.370 e. The highest BCUT2D eigenvalue weighted by Crippen LogP contribution is 2.31.